The highest BCUT2D eigenvalue weighted by molar-refractivity contribution is 8.09. The molecule has 0 spiro atoms. The van der Waals surface area contributed by atoms with Gasteiger partial charge in [0.1, 0.15) is 0 Å². The van der Waals surface area contributed by atoms with Crippen LogP contribution in [0.4, 0.5) is 0 Å². The minimum absolute atomic E-state index is 0.206. The number of carbonyl (C=O) groups is 2. The molecule has 0 saturated carbocycles. The van der Waals surface area contributed by atoms with Crippen LogP contribution in [-0.2, 0) is 9.13 Å². The van der Waals surface area contributed by atoms with Gasteiger partial charge < -0.3 is 11.1 Å². The average molecular weight is 401 g/mol. The molecular formula is C19H19N2O4P2+. The molecule has 0 saturated heterocycles. The van der Waals surface area contributed by atoms with E-state index >= 15 is 0 Å². The Morgan fingerprint density at radius 1 is 0.963 bits per heavy atom. The van der Waals surface area contributed by atoms with E-state index in [9.17, 15) is 18.7 Å². The average Bonchev–Trinajstić information content (AvgIpc) is 2.70. The van der Waals surface area contributed by atoms with Crippen molar-refractivity contribution in [3.05, 3.63) is 70.8 Å². The fraction of sp³-hybridized carbons (Fsp3) is 0.158. The smallest absolute Gasteiger partial charge is 0.366 e. The number of primary amides is 1. The van der Waals surface area contributed by atoms with Crippen LogP contribution in [0.3, 0.4) is 0 Å². The summed E-state index contributed by atoms with van der Waals surface area (Å²) in [4.78, 5) is 23.1. The second-order valence-electron chi connectivity index (χ2n) is 5.71. The van der Waals surface area contributed by atoms with Crippen molar-refractivity contribution in [2.75, 3.05) is 12.7 Å². The van der Waals surface area contributed by atoms with Gasteiger partial charge in [0.2, 0.25) is 5.91 Å². The van der Waals surface area contributed by atoms with E-state index in [0.29, 0.717) is 30.3 Å². The first-order valence-corrected chi connectivity index (χ1v) is 11.2. The lowest BCUT2D eigenvalue weighted by atomic mass is 10.1. The molecule has 1 atom stereocenters. The van der Waals surface area contributed by atoms with Gasteiger partial charge in [-0.05, 0) is 35.4 Å². The number of nitrogens with two attached hydrogens (primary N) is 1. The van der Waals surface area contributed by atoms with Gasteiger partial charge in [0, 0.05) is 24.1 Å². The maximum atomic E-state index is 12.0. The van der Waals surface area contributed by atoms with E-state index in [-0.39, 0.29) is 14.1 Å². The third kappa shape index (κ3) is 6.86. The van der Waals surface area contributed by atoms with Gasteiger partial charge in [-0.15, -0.1) is 0 Å². The summed E-state index contributed by atoms with van der Waals surface area (Å²) in [5.41, 5.74) is 8.06. The molecule has 2 amide bonds. The molecule has 6 nitrogen and oxygen atoms in total. The van der Waals surface area contributed by atoms with Crippen LogP contribution in [0.1, 0.15) is 38.3 Å². The molecule has 2 aromatic carbocycles. The predicted molar refractivity (Wildman–Crippen MR) is 107 cm³/mol. The normalized spacial score (nSPS) is 11.5. The Morgan fingerprint density at radius 3 is 1.96 bits per heavy atom. The molecule has 1 unspecified atom stereocenters. The molecule has 8 heteroatoms. The Balaban J connectivity index is 1.88. The molecule has 2 aromatic rings. The predicted octanol–water partition coefficient (Wildman–Crippen LogP) is 4.11. The highest BCUT2D eigenvalue weighted by atomic mass is 32.0. The van der Waals surface area contributed by atoms with E-state index in [1.807, 2.05) is 24.3 Å². The van der Waals surface area contributed by atoms with Gasteiger partial charge in [-0.3, -0.25) is 9.59 Å². The Hall–Kier alpha value is -2.68. The third-order valence-corrected chi connectivity index (χ3v) is 5.77. The summed E-state index contributed by atoms with van der Waals surface area (Å²) in [6.45, 7) is 0.387. The van der Waals surface area contributed by atoms with Crippen LogP contribution in [0.15, 0.2) is 48.5 Å². The molecule has 0 aliphatic carbocycles. The molecule has 0 bridgehead atoms. The molecular weight excluding hydrogens is 382 g/mol. The number of amides is 2. The molecule has 2 rings (SSSR count). The van der Waals surface area contributed by atoms with Crippen molar-refractivity contribution in [2.24, 2.45) is 5.73 Å². The van der Waals surface area contributed by atoms with Gasteiger partial charge in [0.05, 0.1) is 0 Å². The van der Waals surface area contributed by atoms with E-state index in [1.165, 1.54) is 0 Å². The zero-order valence-corrected chi connectivity index (χ0v) is 16.3. The van der Waals surface area contributed by atoms with E-state index in [1.54, 1.807) is 36.4 Å². The van der Waals surface area contributed by atoms with Crippen molar-refractivity contribution >= 4 is 39.6 Å². The first-order chi connectivity index (χ1) is 13.0. The van der Waals surface area contributed by atoms with Gasteiger partial charge in [-0.25, -0.2) is 4.57 Å². The number of hydrogen-bond donors (Lipinski definition) is 2. The zero-order valence-electron chi connectivity index (χ0n) is 14.5. The number of hydrogen-bond acceptors (Lipinski definition) is 4. The molecule has 0 aliphatic heterocycles. The summed E-state index contributed by atoms with van der Waals surface area (Å²) in [6.07, 6.45) is 4.65. The summed E-state index contributed by atoms with van der Waals surface area (Å²) in [7, 11) is -2.05. The van der Waals surface area contributed by atoms with Crippen molar-refractivity contribution in [3.8, 4) is 0 Å². The third-order valence-electron chi connectivity index (χ3n) is 3.74. The summed E-state index contributed by atoms with van der Waals surface area (Å²) in [5.74, 6) is -0.666. The summed E-state index contributed by atoms with van der Waals surface area (Å²) in [5, 5.41) is 2.74. The van der Waals surface area contributed by atoms with Crippen LogP contribution < -0.4 is 11.1 Å². The fourth-order valence-electron chi connectivity index (χ4n) is 2.26. The van der Waals surface area contributed by atoms with Crippen molar-refractivity contribution in [2.45, 2.75) is 6.42 Å². The molecule has 0 heterocycles. The number of benzene rings is 2. The van der Waals surface area contributed by atoms with E-state index in [0.717, 1.165) is 11.1 Å². The lowest BCUT2D eigenvalue weighted by Crippen LogP contribution is -2.24. The molecule has 0 radical (unpaired) electrons. The number of nitrogens with one attached hydrogen (secondary N) is 1. The standard InChI is InChI=1S/C19H18N2O4P2/c20-18(22)16-8-4-14(5-9-16)2-3-15-6-10-17(11-7-15)19(23)21-12-1-13-27(25)26-24/h2-11H,1,12-13H2,(H2-,20,21,22,23)/p+1. The number of rotatable bonds is 9. The highest BCUT2D eigenvalue weighted by Crippen LogP contribution is 2.35. The van der Waals surface area contributed by atoms with Gasteiger partial charge in [-0.1, -0.05) is 41.0 Å². The largest absolute Gasteiger partial charge is 0.457 e. The Kier molecular flexibility index (Phi) is 8.00. The molecule has 0 aliphatic rings. The Morgan fingerprint density at radius 2 is 1.48 bits per heavy atom. The van der Waals surface area contributed by atoms with Crippen LogP contribution >= 0.6 is 15.6 Å². The van der Waals surface area contributed by atoms with Gasteiger partial charge >= 0.3 is 15.6 Å². The van der Waals surface area contributed by atoms with Crippen LogP contribution in [0.5, 0.6) is 0 Å². The summed E-state index contributed by atoms with van der Waals surface area (Å²) < 4.78 is 21.4. The quantitative estimate of drug-likeness (QED) is 0.375. The fourth-order valence-corrected chi connectivity index (χ4v) is 3.44. The molecule has 138 valence electrons. The summed E-state index contributed by atoms with van der Waals surface area (Å²) >= 11 is 0. The van der Waals surface area contributed by atoms with Crippen molar-refractivity contribution < 1.29 is 18.7 Å². The highest BCUT2D eigenvalue weighted by Gasteiger charge is 2.14. The van der Waals surface area contributed by atoms with E-state index < -0.39 is 13.4 Å². The van der Waals surface area contributed by atoms with Crippen LogP contribution in [0.2, 0.25) is 0 Å². The lowest BCUT2D eigenvalue weighted by molar-refractivity contribution is 0.0952. The van der Waals surface area contributed by atoms with Crippen LogP contribution in [0, 0.1) is 0 Å². The first kappa shape index (κ1) is 20.6. The number of carbonyl (C=O) groups excluding carboxylic acids is 2. The van der Waals surface area contributed by atoms with E-state index in [2.05, 4.69) is 5.32 Å². The van der Waals surface area contributed by atoms with Crippen molar-refractivity contribution in [3.63, 3.8) is 0 Å². The second-order valence-corrected chi connectivity index (χ2v) is 8.85. The summed E-state index contributed by atoms with van der Waals surface area (Å²) in [6, 6.07) is 14.1. The van der Waals surface area contributed by atoms with Gasteiger partial charge in [0.15, 0.2) is 6.16 Å². The molecule has 3 N–H and O–H groups in total. The van der Waals surface area contributed by atoms with Crippen LogP contribution in [-0.4, -0.2) is 24.5 Å². The Bertz CT molecular complexity index is 862. The Labute approximate surface area is 159 Å². The molecule has 0 aromatic heterocycles. The minimum atomic E-state index is -1.71. The lowest BCUT2D eigenvalue weighted by Gasteiger charge is -2.03. The van der Waals surface area contributed by atoms with Crippen molar-refractivity contribution in [1.82, 2.24) is 5.32 Å². The van der Waals surface area contributed by atoms with Gasteiger partial charge in [0.25, 0.3) is 5.91 Å². The maximum Gasteiger partial charge on any atom is 0.457 e. The minimum Gasteiger partial charge on any atom is -0.366 e. The molecule has 27 heavy (non-hydrogen) atoms. The SMILES string of the molecule is NC(=O)c1ccc(C=Cc2ccc(C(=O)NCCC[P+](=O)P=O)cc2)cc1. The van der Waals surface area contributed by atoms with Gasteiger partial charge in [-0.2, -0.15) is 0 Å². The second kappa shape index (κ2) is 10.5. The monoisotopic (exact) mass is 401 g/mol. The van der Waals surface area contributed by atoms with Crippen molar-refractivity contribution in [1.29, 1.82) is 0 Å². The molecule has 0 fully saturated rings. The van der Waals surface area contributed by atoms with Crippen LogP contribution in [0.25, 0.3) is 12.2 Å². The zero-order chi connectivity index (χ0) is 19.6. The maximum absolute atomic E-state index is 12.0. The van der Waals surface area contributed by atoms with E-state index in [4.69, 9.17) is 5.73 Å². The first-order valence-electron chi connectivity index (χ1n) is 8.24. The topological polar surface area (TPSA) is 106 Å².